The number of hydrogen-bond donors (Lipinski definition) is 2. The first kappa shape index (κ1) is 33.5. The van der Waals surface area contributed by atoms with Crippen molar-refractivity contribution < 1.29 is 56.9 Å². The van der Waals surface area contributed by atoms with Crippen LogP contribution in [0, 0.1) is 0 Å². The van der Waals surface area contributed by atoms with Gasteiger partial charge in [-0.15, -0.1) is 0 Å². The van der Waals surface area contributed by atoms with E-state index in [1.807, 2.05) is 0 Å². The summed E-state index contributed by atoms with van der Waals surface area (Å²) in [7, 11) is 0. The average Bonchev–Trinajstić information content (AvgIpc) is 2.92. The predicted molar refractivity (Wildman–Crippen MR) is 144 cm³/mol. The van der Waals surface area contributed by atoms with Gasteiger partial charge in [0.15, 0.2) is 0 Å². The van der Waals surface area contributed by atoms with Crippen LogP contribution in [0.4, 0.5) is 23.0 Å². The molecule has 0 bridgehead atoms. The minimum atomic E-state index is -0.701. The van der Waals surface area contributed by atoms with E-state index in [4.69, 9.17) is 32.7 Å². The molecule has 0 saturated heterocycles. The van der Waals surface area contributed by atoms with Crippen LogP contribution in [0.1, 0.15) is 34.6 Å². The standard InChI is InChI=1S/2C13H12ClN3O3.Hg/c2*1-2-20-12(18)8-7-15-13(19)17-11(8)16-10-6-4-3-5-9(10)14;/h2*3-7H,2H2,1H3,(H2,15,16,17,19);/q;;+2/p-2. The third kappa shape index (κ3) is 9.69. The number of anilines is 4. The van der Waals surface area contributed by atoms with E-state index in [2.05, 4.69) is 30.6 Å². The second-order valence-corrected chi connectivity index (χ2v) is 8.29. The Morgan fingerprint density at radius 2 is 1.10 bits per heavy atom. The number of hydrogen-bond acceptors (Lipinski definition) is 12. The van der Waals surface area contributed by atoms with E-state index in [9.17, 15) is 19.8 Å². The fraction of sp³-hybridized carbons (Fsp3) is 0.154. The fourth-order valence-electron chi connectivity index (χ4n) is 3.02. The summed E-state index contributed by atoms with van der Waals surface area (Å²) in [6, 6.07) is 12.4. The molecule has 4 rings (SSSR count). The summed E-state index contributed by atoms with van der Waals surface area (Å²) in [4.78, 5) is 37.8. The number of aromatic nitrogens is 4. The van der Waals surface area contributed by atoms with Crippen LogP contribution in [0.2, 0.25) is 10.0 Å². The van der Waals surface area contributed by atoms with Gasteiger partial charge in [0.25, 0.3) is 0 Å². The molecule has 0 atom stereocenters. The van der Waals surface area contributed by atoms with E-state index in [0.29, 0.717) is 21.4 Å². The molecular weight excluding hydrogens is 764 g/mol. The van der Waals surface area contributed by atoms with Crippen LogP contribution < -0.4 is 20.8 Å². The number of nitrogens with one attached hydrogen (secondary N) is 2. The molecule has 15 heteroatoms. The Balaban J connectivity index is 0.000000280. The third-order valence-electron chi connectivity index (χ3n) is 4.78. The molecule has 0 fully saturated rings. The van der Waals surface area contributed by atoms with Gasteiger partial charge in [0, 0.05) is 12.4 Å². The van der Waals surface area contributed by atoms with Gasteiger partial charge in [-0.25, -0.2) is 19.6 Å². The molecule has 2 aromatic heterocycles. The SMILES string of the molecule is CCOC(=O)c1cnc([O-])nc1Nc1ccccc1Cl.CCOC(=O)c1cnc([O-])nc1Nc1ccccc1Cl.[Hg+2]. The van der Waals surface area contributed by atoms with E-state index in [1.165, 1.54) is 0 Å². The Morgan fingerprint density at radius 3 is 1.44 bits per heavy atom. The zero-order chi connectivity index (χ0) is 29.1. The maximum absolute atomic E-state index is 11.8. The largest absolute Gasteiger partial charge is 2.00 e. The Morgan fingerprint density at radius 1 is 0.732 bits per heavy atom. The van der Waals surface area contributed by atoms with Gasteiger partial charge in [0.2, 0.25) is 0 Å². The normalized spacial score (nSPS) is 9.85. The minimum Gasteiger partial charge on any atom is -0.844 e. The van der Waals surface area contributed by atoms with Crippen LogP contribution in [-0.4, -0.2) is 45.1 Å². The molecule has 0 aliphatic rings. The van der Waals surface area contributed by atoms with Gasteiger partial charge < -0.3 is 30.3 Å². The van der Waals surface area contributed by atoms with E-state index in [0.717, 1.165) is 12.4 Å². The van der Waals surface area contributed by atoms with Crippen molar-refractivity contribution in [2.75, 3.05) is 23.8 Å². The van der Waals surface area contributed by atoms with Crippen LogP contribution in [-0.2, 0) is 37.1 Å². The molecule has 0 amide bonds. The van der Waals surface area contributed by atoms with E-state index >= 15 is 0 Å². The molecule has 41 heavy (non-hydrogen) atoms. The summed E-state index contributed by atoms with van der Waals surface area (Å²) in [5, 5.41) is 29.1. The zero-order valence-electron chi connectivity index (χ0n) is 21.9. The van der Waals surface area contributed by atoms with Gasteiger partial charge >= 0.3 is 39.6 Å². The van der Waals surface area contributed by atoms with Crippen molar-refractivity contribution in [3.05, 3.63) is 82.1 Å². The van der Waals surface area contributed by atoms with Gasteiger partial charge in [0.05, 0.1) is 46.7 Å². The van der Waals surface area contributed by atoms with Gasteiger partial charge in [-0.2, -0.15) is 0 Å². The number of rotatable bonds is 8. The summed E-state index contributed by atoms with van der Waals surface area (Å²) in [5.74, 6) is -1.09. The first-order valence-electron chi connectivity index (χ1n) is 11.7. The fourth-order valence-corrected chi connectivity index (χ4v) is 3.38. The minimum absolute atomic E-state index is 0. The van der Waals surface area contributed by atoms with Crippen molar-refractivity contribution in [3.8, 4) is 12.0 Å². The molecule has 0 aliphatic carbocycles. The van der Waals surface area contributed by atoms with Crippen molar-refractivity contribution in [2.24, 2.45) is 0 Å². The van der Waals surface area contributed by atoms with Crippen molar-refractivity contribution in [1.29, 1.82) is 0 Å². The Hall–Kier alpha value is -3.74. The molecule has 0 spiro atoms. The summed E-state index contributed by atoms with van der Waals surface area (Å²) in [5.41, 5.74) is 1.20. The quantitative estimate of drug-likeness (QED) is 0.192. The second-order valence-electron chi connectivity index (χ2n) is 7.48. The second kappa shape index (κ2) is 16.5. The maximum Gasteiger partial charge on any atom is 2.00 e. The predicted octanol–water partition coefficient (Wildman–Crippen LogP) is 4.25. The van der Waals surface area contributed by atoms with Crippen molar-refractivity contribution in [2.45, 2.75) is 13.8 Å². The smallest absolute Gasteiger partial charge is 0.844 e. The Labute approximate surface area is 265 Å². The van der Waals surface area contributed by atoms with E-state index in [-0.39, 0.29) is 63.6 Å². The molecule has 2 aromatic carbocycles. The number of ether oxygens (including phenoxy) is 2. The zero-order valence-corrected chi connectivity index (χ0v) is 28.9. The average molecular weight is 786 g/mol. The van der Waals surface area contributed by atoms with Crippen molar-refractivity contribution >= 4 is 58.2 Å². The van der Waals surface area contributed by atoms with Gasteiger partial charge in [-0.3, -0.25) is 9.97 Å². The number of halogens is 2. The maximum atomic E-state index is 11.8. The van der Waals surface area contributed by atoms with E-state index < -0.39 is 24.0 Å². The van der Waals surface area contributed by atoms with Crippen LogP contribution in [0.3, 0.4) is 0 Å². The molecule has 0 aliphatic heterocycles. The summed E-state index contributed by atoms with van der Waals surface area (Å²) in [6.45, 7) is 3.79. The third-order valence-corrected chi connectivity index (χ3v) is 5.44. The number of carbonyl (C=O) groups is 2. The molecule has 208 valence electrons. The van der Waals surface area contributed by atoms with Crippen LogP contribution in [0.25, 0.3) is 0 Å². The van der Waals surface area contributed by atoms with Gasteiger partial charge in [-0.1, -0.05) is 47.5 Å². The summed E-state index contributed by atoms with van der Waals surface area (Å²) >= 11 is 12.0. The molecule has 0 unspecified atom stereocenters. The number of carbonyl (C=O) groups excluding carboxylic acids is 2. The molecule has 2 N–H and O–H groups in total. The number of nitrogens with zero attached hydrogens (tertiary/aromatic N) is 4. The first-order chi connectivity index (χ1) is 19.2. The number of para-hydroxylation sites is 2. The molecule has 2 heterocycles. The summed E-state index contributed by atoms with van der Waals surface area (Å²) in [6.07, 6.45) is 2.26. The van der Waals surface area contributed by atoms with Crippen molar-refractivity contribution in [1.82, 2.24) is 19.9 Å². The monoisotopic (exact) mass is 786 g/mol. The van der Waals surface area contributed by atoms with Gasteiger partial charge in [-0.05, 0) is 38.1 Å². The molecular formula is C26H22Cl2HgN6O6. The van der Waals surface area contributed by atoms with Gasteiger partial charge in [0.1, 0.15) is 22.8 Å². The molecule has 0 radical (unpaired) electrons. The molecule has 4 aromatic rings. The molecule has 12 nitrogen and oxygen atoms in total. The Kier molecular flexibility index (Phi) is 13.5. The topological polar surface area (TPSA) is 174 Å². The van der Waals surface area contributed by atoms with Crippen LogP contribution >= 0.6 is 23.2 Å². The van der Waals surface area contributed by atoms with Crippen molar-refractivity contribution in [3.63, 3.8) is 0 Å². The molecule has 0 saturated carbocycles. The number of benzene rings is 2. The van der Waals surface area contributed by atoms with Crippen LogP contribution in [0.15, 0.2) is 60.9 Å². The first-order valence-corrected chi connectivity index (χ1v) is 12.4. The van der Waals surface area contributed by atoms with Crippen LogP contribution in [0.5, 0.6) is 12.0 Å². The Bertz CT molecular complexity index is 1390. The van der Waals surface area contributed by atoms with E-state index in [1.54, 1.807) is 62.4 Å². The summed E-state index contributed by atoms with van der Waals surface area (Å²) < 4.78 is 9.76. The number of esters is 2.